The van der Waals surface area contributed by atoms with Crippen LogP contribution in [0.1, 0.15) is 36.3 Å². The lowest BCUT2D eigenvalue weighted by Gasteiger charge is -2.23. The first kappa shape index (κ1) is 13.9. The van der Waals surface area contributed by atoms with Gasteiger partial charge < -0.3 is 9.63 Å². The zero-order valence-electron chi connectivity index (χ0n) is 12.6. The fourth-order valence-electron chi connectivity index (χ4n) is 3.61. The normalized spacial score (nSPS) is 25.5. The maximum Gasteiger partial charge on any atom is 0.140 e. The topological polar surface area (TPSA) is 80.2 Å². The number of aromatic nitrogens is 4. The highest BCUT2D eigenvalue weighted by Gasteiger charge is 2.37. The summed E-state index contributed by atoms with van der Waals surface area (Å²) in [5.74, 6) is 1.07. The van der Waals surface area contributed by atoms with E-state index < -0.39 is 5.60 Å². The molecule has 0 bridgehead atoms. The van der Waals surface area contributed by atoms with Gasteiger partial charge in [-0.25, -0.2) is 4.68 Å². The lowest BCUT2D eigenvalue weighted by atomic mass is 9.96. The molecule has 0 spiro atoms. The fourth-order valence-corrected chi connectivity index (χ4v) is 3.61. The second kappa shape index (κ2) is 5.48. The van der Waals surface area contributed by atoms with Gasteiger partial charge in [0.2, 0.25) is 0 Å². The summed E-state index contributed by atoms with van der Waals surface area (Å²) in [4.78, 5) is 2.25. The molecule has 4 rings (SSSR count). The Bertz CT molecular complexity index is 638. The van der Waals surface area contributed by atoms with Crippen LogP contribution in [-0.4, -0.2) is 48.8 Å². The second-order valence-corrected chi connectivity index (χ2v) is 6.52. The van der Waals surface area contributed by atoms with Gasteiger partial charge in [0.1, 0.15) is 11.5 Å². The van der Waals surface area contributed by atoms with Crippen LogP contribution in [-0.2, 0) is 25.9 Å². The first-order chi connectivity index (χ1) is 10.7. The Morgan fingerprint density at radius 2 is 2.23 bits per heavy atom. The molecule has 1 aliphatic heterocycles. The van der Waals surface area contributed by atoms with Gasteiger partial charge in [-0.3, -0.25) is 4.90 Å². The molecule has 118 valence electrons. The number of aryl methyl sites for hydroxylation is 1. The summed E-state index contributed by atoms with van der Waals surface area (Å²) >= 11 is 0. The van der Waals surface area contributed by atoms with Crippen molar-refractivity contribution in [2.45, 2.75) is 50.8 Å². The number of likely N-dealkylation sites (tertiary alicyclic amines) is 1. The standard InChI is InChI=1S/C15H21N5O2/c21-15(11-20-8-6-16-18-20)5-7-19(10-15)9-13-12-3-1-2-4-14(12)22-17-13/h6,8,21H,1-5,7,9-11H2. The van der Waals surface area contributed by atoms with Crippen LogP contribution in [0.4, 0.5) is 0 Å². The average Bonchev–Trinajstić information content (AvgIpc) is 3.22. The van der Waals surface area contributed by atoms with Crippen molar-refractivity contribution < 1.29 is 9.63 Å². The first-order valence-corrected chi connectivity index (χ1v) is 7.97. The highest BCUT2D eigenvalue weighted by Crippen LogP contribution is 2.28. The number of fused-ring (bicyclic) bond motifs is 1. The minimum Gasteiger partial charge on any atom is -0.387 e. The maximum absolute atomic E-state index is 10.7. The molecule has 1 fully saturated rings. The highest BCUT2D eigenvalue weighted by molar-refractivity contribution is 5.25. The molecule has 1 N–H and O–H groups in total. The molecule has 7 nitrogen and oxygen atoms in total. The minimum atomic E-state index is -0.739. The number of nitrogens with zero attached hydrogens (tertiary/aromatic N) is 5. The van der Waals surface area contributed by atoms with Crippen molar-refractivity contribution >= 4 is 0 Å². The molecule has 0 radical (unpaired) electrons. The summed E-state index contributed by atoms with van der Waals surface area (Å²) in [6, 6.07) is 0. The van der Waals surface area contributed by atoms with Crippen LogP contribution in [0.5, 0.6) is 0 Å². The number of hydrogen-bond donors (Lipinski definition) is 1. The van der Waals surface area contributed by atoms with E-state index in [0.717, 1.165) is 43.8 Å². The van der Waals surface area contributed by atoms with E-state index in [0.29, 0.717) is 13.1 Å². The molecule has 1 aliphatic carbocycles. The van der Waals surface area contributed by atoms with Gasteiger partial charge in [-0.2, -0.15) is 0 Å². The zero-order valence-corrected chi connectivity index (χ0v) is 12.6. The molecule has 2 aromatic rings. The van der Waals surface area contributed by atoms with Gasteiger partial charge >= 0.3 is 0 Å². The maximum atomic E-state index is 10.7. The van der Waals surface area contributed by atoms with Crippen LogP contribution in [0.3, 0.4) is 0 Å². The van der Waals surface area contributed by atoms with Gasteiger partial charge in [0, 0.05) is 37.8 Å². The van der Waals surface area contributed by atoms with Crippen molar-refractivity contribution in [1.82, 2.24) is 25.1 Å². The van der Waals surface area contributed by atoms with Crippen molar-refractivity contribution in [1.29, 1.82) is 0 Å². The average molecular weight is 303 g/mol. The van der Waals surface area contributed by atoms with Gasteiger partial charge in [-0.15, -0.1) is 5.10 Å². The molecule has 1 atom stereocenters. The predicted octanol–water partition coefficient (Wildman–Crippen LogP) is 0.782. The molecule has 3 heterocycles. The van der Waals surface area contributed by atoms with E-state index in [1.165, 1.54) is 18.4 Å². The molecule has 22 heavy (non-hydrogen) atoms. The van der Waals surface area contributed by atoms with Crippen LogP contribution < -0.4 is 0 Å². The van der Waals surface area contributed by atoms with E-state index >= 15 is 0 Å². The van der Waals surface area contributed by atoms with Gasteiger partial charge in [-0.05, 0) is 25.7 Å². The van der Waals surface area contributed by atoms with Crippen molar-refractivity contribution in [3.63, 3.8) is 0 Å². The van der Waals surface area contributed by atoms with Gasteiger partial charge in [-0.1, -0.05) is 10.4 Å². The highest BCUT2D eigenvalue weighted by atomic mass is 16.5. The molecule has 2 aliphatic rings. The van der Waals surface area contributed by atoms with Crippen LogP contribution in [0.25, 0.3) is 0 Å². The third kappa shape index (κ3) is 2.66. The molecule has 0 aromatic carbocycles. The Labute approximate surface area is 128 Å². The van der Waals surface area contributed by atoms with Gasteiger partial charge in [0.25, 0.3) is 0 Å². The Morgan fingerprint density at radius 3 is 3.09 bits per heavy atom. The molecular formula is C15H21N5O2. The molecule has 0 saturated carbocycles. The van der Waals surface area contributed by atoms with Crippen LogP contribution in [0, 0.1) is 0 Å². The zero-order chi connectivity index (χ0) is 15.0. The summed E-state index contributed by atoms with van der Waals surface area (Å²) in [7, 11) is 0. The van der Waals surface area contributed by atoms with E-state index in [9.17, 15) is 5.11 Å². The minimum absolute atomic E-state index is 0.487. The summed E-state index contributed by atoms with van der Waals surface area (Å²) in [6.45, 7) is 2.75. The van der Waals surface area contributed by atoms with Crippen molar-refractivity contribution in [3.8, 4) is 0 Å². The molecule has 2 aromatic heterocycles. The lowest BCUT2D eigenvalue weighted by molar-refractivity contribution is 0.0272. The van der Waals surface area contributed by atoms with Crippen molar-refractivity contribution in [2.75, 3.05) is 13.1 Å². The first-order valence-electron chi connectivity index (χ1n) is 7.97. The van der Waals surface area contributed by atoms with Crippen molar-refractivity contribution in [2.24, 2.45) is 0 Å². The summed E-state index contributed by atoms with van der Waals surface area (Å²) in [5.41, 5.74) is 1.62. The Hall–Kier alpha value is -1.73. The SMILES string of the molecule is OC1(Cn2ccnn2)CCN(Cc2noc3c2CCCC3)C1. The Balaban J connectivity index is 1.41. The van der Waals surface area contributed by atoms with Crippen LogP contribution >= 0.6 is 0 Å². The Kier molecular flexibility index (Phi) is 3.46. The molecule has 1 saturated heterocycles. The van der Waals surface area contributed by atoms with E-state index in [1.54, 1.807) is 17.1 Å². The molecular weight excluding hydrogens is 282 g/mol. The molecule has 7 heteroatoms. The Morgan fingerprint density at radius 1 is 1.32 bits per heavy atom. The van der Waals surface area contributed by atoms with E-state index in [2.05, 4.69) is 20.4 Å². The van der Waals surface area contributed by atoms with Gasteiger partial charge in [0.05, 0.1) is 18.3 Å². The van der Waals surface area contributed by atoms with E-state index in [4.69, 9.17) is 4.52 Å². The number of aliphatic hydroxyl groups is 1. The smallest absolute Gasteiger partial charge is 0.140 e. The van der Waals surface area contributed by atoms with E-state index in [-0.39, 0.29) is 0 Å². The molecule has 1 unspecified atom stereocenters. The quantitative estimate of drug-likeness (QED) is 0.899. The third-order valence-electron chi connectivity index (χ3n) is 4.74. The number of β-amino-alcohol motifs (C(OH)–C–C–N with tert-alkyl or cyclic N) is 1. The predicted molar refractivity (Wildman–Crippen MR) is 78.0 cm³/mol. The third-order valence-corrected chi connectivity index (χ3v) is 4.74. The van der Waals surface area contributed by atoms with Crippen molar-refractivity contribution in [3.05, 3.63) is 29.4 Å². The van der Waals surface area contributed by atoms with Crippen LogP contribution in [0.15, 0.2) is 16.9 Å². The second-order valence-electron chi connectivity index (χ2n) is 6.52. The lowest BCUT2D eigenvalue weighted by Crippen LogP contribution is -2.37. The number of rotatable bonds is 4. The van der Waals surface area contributed by atoms with E-state index in [1.807, 2.05) is 0 Å². The summed E-state index contributed by atoms with van der Waals surface area (Å²) in [6.07, 6.45) is 8.67. The summed E-state index contributed by atoms with van der Waals surface area (Å²) < 4.78 is 7.17. The van der Waals surface area contributed by atoms with Gasteiger partial charge in [0.15, 0.2) is 0 Å². The monoisotopic (exact) mass is 303 g/mol. The largest absolute Gasteiger partial charge is 0.387 e. The fraction of sp³-hybridized carbons (Fsp3) is 0.667. The molecule has 0 amide bonds. The summed E-state index contributed by atoms with van der Waals surface area (Å²) in [5, 5.41) is 22.7. The van der Waals surface area contributed by atoms with Crippen LogP contribution in [0.2, 0.25) is 0 Å². The number of hydrogen-bond acceptors (Lipinski definition) is 6.